The van der Waals surface area contributed by atoms with Crippen LogP contribution in [0.2, 0.25) is 0 Å². The second-order valence-corrected chi connectivity index (χ2v) is 8.56. The van der Waals surface area contributed by atoms with Gasteiger partial charge in [-0.1, -0.05) is 0 Å². The molecule has 3 rings (SSSR count). The second-order valence-electron chi connectivity index (χ2n) is 6.62. The number of hydrogen-bond donors (Lipinski definition) is 1. The maximum atomic E-state index is 12.8. The van der Waals surface area contributed by atoms with Crippen LogP contribution in [0.4, 0.5) is 5.69 Å². The van der Waals surface area contributed by atoms with Crippen LogP contribution in [0.5, 0.6) is 0 Å². The van der Waals surface area contributed by atoms with Crippen LogP contribution in [0.15, 0.2) is 47.9 Å². The number of aromatic nitrogens is 2. The van der Waals surface area contributed by atoms with E-state index in [1.807, 2.05) is 0 Å². The Hall–Kier alpha value is -2.72. The van der Waals surface area contributed by atoms with Crippen molar-refractivity contribution in [2.75, 3.05) is 31.5 Å². The molecule has 28 heavy (non-hydrogen) atoms. The Bertz CT molecular complexity index is 933. The topological polar surface area (TPSA) is 105 Å². The van der Waals surface area contributed by atoms with E-state index in [9.17, 15) is 18.0 Å². The number of hydrogen-bond acceptors (Lipinski definition) is 5. The minimum Gasteiger partial charge on any atom is -0.338 e. The Labute approximate surface area is 164 Å². The number of piperazine rings is 1. The van der Waals surface area contributed by atoms with Crippen LogP contribution in [0.3, 0.4) is 0 Å². The van der Waals surface area contributed by atoms with Gasteiger partial charge in [0.05, 0.1) is 11.2 Å². The molecule has 0 aliphatic carbocycles. The zero-order chi connectivity index (χ0) is 20.3. The molecule has 2 amide bonds. The molecule has 1 aliphatic heterocycles. The fourth-order valence-corrected chi connectivity index (χ4v) is 4.52. The van der Waals surface area contributed by atoms with E-state index >= 15 is 0 Å². The molecule has 2 aromatic rings. The molecule has 1 aromatic heterocycles. The maximum Gasteiger partial charge on any atom is 0.245 e. The van der Waals surface area contributed by atoms with Gasteiger partial charge in [-0.25, -0.2) is 13.4 Å². The zero-order valence-corrected chi connectivity index (χ0v) is 16.6. The standard InChI is InChI=1S/C18H23N5O4S/c1-14(22-8-7-19-13-22)18(25)21-9-11-23(12-10-21)28(26,27)17-5-3-16(4-6-17)20-15(2)24/h3-8,13-14H,9-12H2,1-2H3,(H,20,24)/t14-/m1/s1. The van der Waals surface area contributed by atoms with Gasteiger partial charge in [0.2, 0.25) is 21.8 Å². The molecule has 0 bridgehead atoms. The number of benzene rings is 1. The number of anilines is 1. The maximum absolute atomic E-state index is 12.8. The lowest BCUT2D eigenvalue weighted by atomic mass is 10.2. The first-order valence-corrected chi connectivity index (χ1v) is 10.4. The summed E-state index contributed by atoms with van der Waals surface area (Å²) in [5, 5.41) is 2.61. The molecule has 1 atom stereocenters. The van der Waals surface area contributed by atoms with Crippen LogP contribution < -0.4 is 5.32 Å². The molecular weight excluding hydrogens is 382 g/mol. The largest absolute Gasteiger partial charge is 0.338 e. The van der Waals surface area contributed by atoms with Crippen LogP contribution >= 0.6 is 0 Å². The lowest BCUT2D eigenvalue weighted by molar-refractivity contribution is -0.135. The molecular formula is C18H23N5O4S. The first-order chi connectivity index (χ1) is 13.3. The molecule has 1 saturated heterocycles. The Kier molecular flexibility index (Phi) is 5.80. The van der Waals surface area contributed by atoms with E-state index in [4.69, 9.17) is 0 Å². The van der Waals surface area contributed by atoms with Gasteiger partial charge < -0.3 is 14.8 Å². The molecule has 9 nitrogen and oxygen atoms in total. The van der Waals surface area contributed by atoms with E-state index in [0.717, 1.165) is 0 Å². The second kappa shape index (κ2) is 8.11. The molecule has 1 fully saturated rings. The average Bonchev–Trinajstić information content (AvgIpc) is 3.21. The fraction of sp³-hybridized carbons (Fsp3) is 0.389. The van der Waals surface area contributed by atoms with Gasteiger partial charge in [-0.15, -0.1) is 0 Å². The van der Waals surface area contributed by atoms with Gasteiger partial charge in [0.1, 0.15) is 6.04 Å². The van der Waals surface area contributed by atoms with Crippen molar-refractivity contribution in [1.29, 1.82) is 0 Å². The van der Waals surface area contributed by atoms with Crippen LogP contribution in [0, 0.1) is 0 Å². The monoisotopic (exact) mass is 405 g/mol. The van der Waals surface area contributed by atoms with Gasteiger partial charge in [0, 0.05) is 51.2 Å². The highest BCUT2D eigenvalue weighted by Gasteiger charge is 2.31. The summed E-state index contributed by atoms with van der Waals surface area (Å²) in [7, 11) is -3.65. The van der Waals surface area contributed by atoms with Crippen molar-refractivity contribution in [2.24, 2.45) is 0 Å². The first kappa shape index (κ1) is 20.0. The summed E-state index contributed by atoms with van der Waals surface area (Å²) in [6.07, 6.45) is 4.94. The molecule has 150 valence electrons. The normalized spacial score (nSPS) is 16.6. The van der Waals surface area contributed by atoms with Gasteiger partial charge in [-0.3, -0.25) is 9.59 Å². The Morgan fingerprint density at radius 3 is 2.29 bits per heavy atom. The van der Waals surface area contributed by atoms with Crippen LogP contribution in [0.1, 0.15) is 19.9 Å². The van der Waals surface area contributed by atoms with E-state index < -0.39 is 10.0 Å². The Balaban J connectivity index is 1.63. The Morgan fingerprint density at radius 1 is 1.11 bits per heavy atom. The molecule has 1 N–H and O–H groups in total. The summed E-state index contributed by atoms with van der Waals surface area (Å²) < 4.78 is 28.8. The molecule has 0 spiro atoms. The number of carbonyl (C=O) groups is 2. The summed E-state index contributed by atoms with van der Waals surface area (Å²) in [6, 6.07) is 5.67. The van der Waals surface area contributed by atoms with E-state index in [1.165, 1.54) is 23.4 Å². The number of amides is 2. The van der Waals surface area contributed by atoms with Gasteiger partial charge in [-0.05, 0) is 31.2 Å². The van der Waals surface area contributed by atoms with Crippen LogP contribution in [0.25, 0.3) is 0 Å². The zero-order valence-electron chi connectivity index (χ0n) is 15.8. The summed E-state index contributed by atoms with van der Waals surface area (Å²) in [4.78, 5) is 29.5. The highest BCUT2D eigenvalue weighted by Crippen LogP contribution is 2.21. The molecule has 0 saturated carbocycles. The number of rotatable bonds is 5. The van der Waals surface area contributed by atoms with Crippen LogP contribution in [-0.4, -0.2) is 65.2 Å². The summed E-state index contributed by atoms with van der Waals surface area (Å²) >= 11 is 0. The van der Waals surface area contributed by atoms with E-state index in [-0.39, 0.29) is 35.8 Å². The van der Waals surface area contributed by atoms with Crippen molar-refractivity contribution in [1.82, 2.24) is 18.8 Å². The fourth-order valence-electron chi connectivity index (χ4n) is 3.10. The van der Waals surface area contributed by atoms with Crippen molar-refractivity contribution in [3.8, 4) is 0 Å². The number of nitrogens with zero attached hydrogens (tertiary/aromatic N) is 4. The lowest BCUT2D eigenvalue weighted by Gasteiger charge is -2.35. The van der Waals surface area contributed by atoms with Crippen molar-refractivity contribution >= 4 is 27.5 Å². The number of nitrogens with one attached hydrogen (secondary N) is 1. The van der Waals surface area contributed by atoms with E-state index in [1.54, 1.807) is 47.2 Å². The molecule has 10 heteroatoms. The van der Waals surface area contributed by atoms with Gasteiger partial charge in [-0.2, -0.15) is 4.31 Å². The third kappa shape index (κ3) is 4.23. The van der Waals surface area contributed by atoms with Crippen LogP contribution in [-0.2, 0) is 19.6 Å². The SMILES string of the molecule is CC(=O)Nc1ccc(S(=O)(=O)N2CCN(C(=O)[C@@H](C)n3ccnc3)CC2)cc1. The average molecular weight is 405 g/mol. The third-order valence-electron chi connectivity index (χ3n) is 4.69. The number of carbonyl (C=O) groups excluding carboxylic acids is 2. The van der Waals surface area contributed by atoms with Gasteiger partial charge in [0.25, 0.3) is 0 Å². The number of sulfonamides is 1. The van der Waals surface area contributed by atoms with Crippen molar-refractivity contribution in [2.45, 2.75) is 24.8 Å². The minimum atomic E-state index is -3.65. The number of imidazole rings is 1. The first-order valence-electron chi connectivity index (χ1n) is 8.93. The minimum absolute atomic E-state index is 0.0605. The quantitative estimate of drug-likeness (QED) is 0.797. The summed E-state index contributed by atoms with van der Waals surface area (Å²) in [5.41, 5.74) is 0.537. The van der Waals surface area contributed by atoms with Crippen molar-refractivity contribution in [3.05, 3.63) is 43.0 Å². The molecule has 0 unspecified atom stereocenters. The lowest BCUT2D eigenvalue weighted by Crippen LogP contribution is -2.51. The van der Waals surface area contributed by atoms with Crippen molar-refractivity contribution in [3.63, 3.8) is 0 Å². The molecule has 0 radical (unpaired) electrons. The summed E-state index contributed by atoms with van der Waals surface area (Å²) in [5.74, 6) is -0.281. The van der Waals surface area contributed by atoms with Crippen molar-refractivity contribution < 1.29 is 18.0 Å². The highest BCUT2D eigenvalue weighted by atomic mass is 32.2. The highest BCUT2D eigenvalue weighted by molar-refractivity contribution is 7.89. The predicted molar refractivity (Wildman–Crippen MR) is 103 cm³/mol. The van der Waals surface area contributed by atoms with Gasteiger partial charge >= 0.3 is 0 Å². The predicted octanol–water partition coefficient (Wildman–Crippen LogP) is 0.936. The molecule has 2 heterocycles. The Morgan fingerprint density at radius 2 is 1.75 bits per heavy atom. The third-order valence-corrected chi connectivity index (χ3v) is 6.61. The molecule has 1 aromatic carbocycles. The molecule has 1 aliphatic rings. The summed E-state index contributed by atoms with van der Waals surface area (Å²) in [6.45, 7) is 4.32. The van der Waals surface area contributed by atoms with Gasteiger partial charge in [0.15, 0.2) is 0 Å². The van der Waals surface area contributed by atoms with E-state index in [0.29, 0.717) is 18.8 Å². The van der Waals surface area contributed by atoms with E-state index in [2.05, 4.69) is 10.3 Å². The smallest absolute Gasteiger partial charge is 0.245 e.